The van der Waals surface area contributed by atoms with Crippen LogP contribution >= 0.6 is 0 Å². The van der Waals surface area contributed by atoms with Crippen LogP contribution in [0.1, 0.15) is 30.4 Å². The third-order valence-corrected chi connectivity index (χ3v) is 6.04. The van der Waals surface area contributed by atoms with E-state index < -0.39 is 0 Å². The Balaban J connectivity index is 1.39. The maximum atomic E-state index is 14.1. The second kappa shape index (κ2) is 9.86. The third kappa shape index (κ3) is 4.93. The quantitative estimate of drug-likeness (QED) is 0.434. The molecule has 32 heavy (non-hydrogen) atoms. The predicted octanol–water partition coefficient (Wildman–Crippen LogP) is 5.91. The Bertz CT molecular complexity index is 1080. The maximum Gasteiger partial charge on any atom is 0.307 e. The number of aryl methyl sites for hydroxylation is 1. The van der Waals surface area contributed by atoms with Crippen LogP contribution in [0, 0.1) is 12.7 Å². The van der Waals surface area contributed by atoms with Crippen LogP contribution < -0.4 is 9.64 Å². The molecule has 3 aromatic carbocycles. The molecule has 1 atom stereocenters. The highest BCUT2D eigenvalue weighted by Gasteiger charge is 2.27. The lowest BCUT2D eigenvalue weighted by molar-refractivity contribution is -0.140. The molecule has 1 saturated heterocycles. The molecule has 0 radical (unpaired) electrons. The number of halogens is 1. The minimum atomic E-state index is -0.216. The fourth-order valence-electron chi connectivity index (χ4n) is 4.36. The van der Waals surface area contributed by atoms with Gasteiger partial charge in [-0.05, 0) is 66.8 Å². The van der Waals surface area contributed by atoms with Gasteiger partial charge in [0.15, 0.2) is 0 Å². The summed E-state index contributed by atoms with van der Waals surface area (Å²) in [6.45, 7) is 3.36. The van der Waals surface area contributed by atoms with Crippen LogP contribution in [-0.2, 0) is 16.1 Å². The van der Waals surface area contributed by atoms with Crippen molar-refractivity contribution in [2.75, 3.05) is 18.6 Å². The van der Waals surface area contributed by atoms with Crippen molar-refractivity contribution in [3.8, 4) is 16.9 Å². The molecule has 0 saturated carbocycles. The Morgan fingerprint density at radius 3 is 2.56 bits per heavy atom. The molecule has 0 amide bonds. The van der Waals surface area contributed by atoms with Crippen molar-refractivity contribution in [2.45, 2.75) is 38.8 Å². The summed E-state index contributed by atoms with van der Waals surface area (Å²) in [5.41, 5.74) is 4.64. The Hall–Kier alpha value is -3.34. The lowest BCUT2D eigenvalue weighted by Crippen LogP contribution is -2.31. The smallest absolute Gasteiger partial charge is 0.307 e. The van der Waals surface area contributed by atoms with Gasteiger partial charge in [0.1, 0.15) is 18.2 Å². The summed E-state index contributed by atoms with van der Waals surface area (Å²) >= 11 is 0. The molecular formula is C27H28FNO3. The molecule has 1 heterocycles. The van der Waals surface area contributed by atoms with Gasteiger partial charge in [0.05, 0.1) is 13.5 Å². The summed E-state index contributed by atoms with van der Waals surface area (Å²) in [6, 6.07) is 21.0. The number of anilines is 1. The zero-order valence-corrected chi connectivity index (χ0v) is 18.5. The van der Waals surface area contributed by atoms with Crippen molar-refractivity contribution in [3.63, 3.8) is 0 Å². The number of carbonyl (C=O) groups is 1. The van der Waals surface area contributed by atoms with Crippen molar-refractivity contribution in [3.05, 3.63) is 83.7 Å². The first-order valence-electron chi connectivity index (χ1n) is 11.0. The highest BCUT2D eigenvalue weighted by Crippen LogP contribution is 2.30. The van der Waals surface area contributed by atoms with Crippen molar-refractivity contribution >= 4 is 11.7 Å². The molecule has 0 N–H and O–H groups in total. The number of ether oxygens (including phenoxy) is 2. The van der Waals surface area contributed by atoms with Gasteiger partial charge in [0, 0.05) is 23.8 Å². The third-order valence-electron chi connectivity index (χ3n) is 6.04. The first-order valence-corrected chi connectivity index (χ1v) is 11.0. The van der Waals surface area contributed by atoms with E-state index in [1.807, 2.05) is 55.5 Å². The summed E-state index contributed by atoms with van der Waals surface area (Å²) in [6.07, 6.45) is 2.48. The molecular weight excluding hydrogens is 405 g/mol. The summed E-state index contributed by atoms with van der Waals surface area (Å²) in [7, 11) is 1.43. The minimum absolute atomic E-state index is 0.168. The zero-order valence-electron chi connectivity index (χ0n) is 18.5. The number of esters is 1. The second-order valence-corrected chi connectivity index (χ2v) is 8.18. The fraction of sp³-hybridized carbons (Fsp3) is 0.296. The van der Waals surface area contributed by atoms with Crippen LogP contribution in [0.25, 0.3) is 11.1 Å². The Morgan fingerprint density at radius 2 is 1.84 bits per heavy atom. The number of hydrogen-bond acceptors (Lipinski definition) is 4. The van der Waals surface area contributed by atoms with Crippen molar-refractivity contribution < 1.29 is 18.7 Å². The van der Waals surface area contributed by atoms with Crippen molar-refractivity contribution in [2.24, 2.45) is 0 Å². The minimum Gasteiger partial charge on any atom is -0.489 e. The highest BCUT2D eigenvalue weighted by atomic mass is 19.1. The van der Waals surface area contributed by atoms with E-state index >= 15 is 0 Å². The normalized spacial score (nSPS) is 15.6. The van der Waals surface area contributed by atoms with Crippen LogP contribution in [-0.4, -0.2) is 25.7 Å². The molecule has 3 aromatic rings. The molecule has 1 fully saturated rings. The van der Waals surface area contributed by atoms with E-state index in [0.29, 0.717) is 18.6 Å². The van der Waals surface area contributed by atoms with Gasteiger partial charge < -0.3 is 14.4 Å². The van der Waals surface area contributed by atoms with Gasteiger partial charge in [-0.1, -0.05) is 36.4 Å². The highest BCUT2D eigenvalue weighted by molar-refractivity contribution is 5.71. The largest absolute Gasteiger partial charge is 0.489 e. The van der Waals surface area contributed by atoms with Crippen LogP contribution in [0.4, 0.5) is 10.1 Å². The van der Waals surface area contributed by atoms with Gasteiger partial charge in [0.2, 0.25) is 0 Å². The summed E-state index contributed by atoms with van der Waals surface area (Å²) in [5, 5.41) is 0. The Morgan fingerprint density at radius 1 is 1.06 bits per heavy atom. The van der Waals surface area contributed by atoms with Crippen LogP contribution in [0.5, 0.6) is 5.75 Å². The predicted molar refractivity (Wildman–Crippen MR) is 124 cm³/mol. The van der Waals surface area contributed by atoms with E-state index in [1.54, 1.807) is 12.1 Å². The Kier molecular flexibility index (Phi) is 6.74. The van der Waals surface area contributed by atoms with E-state index in [0.717, 1.165) is 47.5 Å². The Labute approximate surface area is 188 Å². The topological polar surface area (TPSA) is 38.8 Å². The summed E-state index contributed by atoms with van der Waals surface area (Å²) < 4.78 is 24.9. The molecule has 0 aliphatic carbocycles. The number of methoxy groups -OCH3 is 1. The number of carbonyl (C=O) groups excluding carboxylic acids is 1. The number of hydrogen-bond donors (Lipinski definition) is 0. The maximum absolute atomic E-state index is 14.1. The van der Waals surface area contributed by atoms with Gasteiger partial charge in [-0.25, -0.2) is 4.39 Å². The van der Waals surface area contributed by atoms with Crippen molar-refractivity contribution in [1.82, 2.24) is 0 Å². The molecule has 4 nitrogen and oxygen atoms in total. The monoisotopic (exact) mass is 433 g/mol. The van der Waals surface area contributed by atoms with Crippen LogP contribution in [0.2, 0.25) is 0 Å². The molecule has 1 aliphatic rings. The van der Waals surface area contributed by atoms with Gasteiger partial charge >= 0.3 is 5.97 Å². The van der Waals surface area contributed by atoms with Gasteiger partial charge in [-0.3, -0.25) is 4.79 Å². The van der Waals surface area contributed by atoms with Gasteiger partial charge in [0.25, 0.3) is 0 Å². The second-order valence-electron chi connectivity index (χ2n) is 8.18. The zero-order chi connectivity index (χ0) is 22.5. The number of nitrogens with zero attached hydrogens (tertiary/aromatic N) is 1. The molecule has 166 valence electrons. The fourth-order valence-corrected chi connectivity index (χ4v) is 4.36. The average molecular weight is 434 g/mol. The van der Waals surface area contributed by atoms with E-state index in [-0.39, 0.29) is 17.8 Å². The van der Waals surface area contributed by atoms with E-state index in [2.05, 4.69) is 4.90 Å². The number of rotatable bonds is 7. The molecule has 1 unspecified atom stereocenters. The molecule has 0 aromatic heterocycles. The summed E-state index contributed by atoms with van der Waals surface area (Å²) in [5.74, 6) is 0.401. The van der Waals surface area contributed by atoms with E-state index in [1.165, 1.54) is 13.2 Å². The first-order chi connectivity index (χ1) is 15.5. The lowest BCUT2D eigenvalue weighted by Gasteiger charge is -2.26. The molecule has 4 rings (SSSR count). The van der Waals surface area contributed by atoms with E-state index in [9.17, 15) is 9.18 Å². The molecule has 0 spiro atoms. The van der Waals surface area contributed by atoms with Crippen LogP contribution in [0.3, 0.4) is 0 Å². The molecule has 5 heteroatoms. The van der Waals surface area contributed by atoms with Crippen LogP contribution in [0.15, 0.2) is 66.7 Å². The van der Waals surface area contributed by atoms with Gasteiger partial charge in [-0.2, -0.15) is 0 Å². The van der Waals surface area contributed by atoms with Crippen molar-refractivity contribution in [1.29, 1.82) is 0 Å². The van der Waals surface area contributed by atoms with Gasteiger partial charge in [-0.15, -0.1) is 0 Å². The average Bonchev–Trinajstić information content (AvgIpc) is 3.26. The molecule has 1 aliphatic heterocycles. The lowest BCUT2D eigenvalue weighted by atomic mass is 9.98. The SMILES string of the molecule is COC(=O)CC1CCCN1c1ccc(OCc2ccc(-c3ccccc3F)c(C)c2)cc1. The van der Waals surface area contributed by atoms with E-state index in [4.69, 9.17) is 9.47 Å². The number of benzene rings is 3. The first kappa shape index (κ1) is 21.9. The molecule has 0 bridgehead atoms. The standard InChI is InChI=1S/C27H28FNO3/c1-19-16-20(9-14-24(19)25-7-3-4-8-26(25)28)18-32-23-12-10-21(11-13-23)29-15-5-6-22(29)17-27(30)31-2/h3-4,7-14,16,22H,5-6,15,17-18H2,1-2H3. The summed E-state index contributed by atoms with van der Waals surface area (Å²) in [4.78, 5) is 13.9.